The Bertz CT molecular complexity index is 1060. The molecule has 27 heavy (non-hydrogen) atoms. The second-order valence-electron chi connectivity index (χ2n) is 4.86. The zero-order valence-corrected chi connectivity index (χ0v) is 14.7. The topological polar surface area (TPSA) is 136 Å². The number of allylic oxidation sites excluding steroid dienone is 2. The molecule has 0 heterocycles. The Morgan fingerprint density at radius 2 is 1.78 bits per heavy atom. The summed E-state index contributed by atoms with van der Waals surface area (Å²) in [7, 11) is 0. The van der Waals surface area contributed by atoms with Crippen LogP contribution in [-0.4, -0.2) is 4.92 Å². The lowest BCUT2D eigenvalue weighted by Crippen LogP contribution is -2.02. The summed E-state index contributed by atoms with van der Waals surface area (Å²) in [6, 6.07) is 12.9. The molecule has 132 valence electrons. The maximum absolute atomic E-state index is 11.2. The molecule has 0 aliphatic heterocycles. The molecule has 1 N–H and O–H groups in total. The zero-order valence-electron chi connectivity index (χ0n) is 13.2. The lowest BCUT2D eigenvalue weighted by molar-refractivity contribution is -0.384. The third-order valence-electron chi connectivity index (χ3n) is 3.08. The van der Waals surface area contributed by atoms with Crippen LogP contribution in [0.3, 0.4) is 0 Å². The number of hydrogen-bond donors (Lipinski definition) is 1. The predicted molar refractivity (Wildman–Crippen MR) is 97.1 cm³/mol. The molecule has 0 spiro atoms. The molecule has 0 bridgehead atoms. The van der Waals surface area contributed by atoms with Gasteiger partial charge in [-0.25, -0.2) is 0 Å². The first-order valence-electron chi connectivity index (χ1n) is 7.02. The molecule has 0 atom stereocenters. The van der Waals surface area contributed by atoms with Crippen LogP contribution in [0.2, 0.25) is 10.0 Å². The van der Waals surface area contributed by atoms with Crippen molar-refractivity contribution < 1.29 is 9.66 Å². The number of hydrogen-bond acceptors (Lipinski definition) is 7. The van der Waals surface area contributed by atoms with Crippen LogP contribution in [0.4, 0.5) is 11.4 Å². The van der Waals surface area contributed by atoms with E-state index < -0.39 is 10.5 Å². The van der Waals surface area contributed by atoms with Crippen molar-refractivity contribution in [2.75, 3.05) is 5.32 Å². The molecule has 0 unspecified atom stereocenters. The van der Waals surface area contributed by atoms with Crippen molar-refractivity contribution in [2.24, 2.45) is 0 Å². The van der Waals surface area contributed by atoms with Gasteiger partial charge in [-0.1, -0.05) is 23.2 Å². The zero-order chi connectivity index (χ0) is 20.0. The van der Waals surface area contributed by atoms with Gasteiger partial charge >= 0.3 is 0 Å². The summed E-state index contributed by atoms with van der Waals surface area (Å²) >= 11 is 11.8. The largest absolute Gasteiger partial charge is 0.455 e. The average Bonchev–Trinajstić information content (AvgIpc) is 2.64. The van der Waals surface area contributed by atoms with Crippen molar-refractivity contribution in [1.82, 2.24) is 0 Å². The van der Waals surface area contributed by atoms with Crippen molar-refractivity contribution in [3.8, 4) is 29.7 Å². The van der Waals surface area contributed by atoms with Crippen molar-refractivity contribution in [1.29, 1.82) is 15.8 Å². The van der Waals surface area contributed by atoms with Crippen LogP contribution >= 0.6 is 23.2 Å². The molecule has 0 fully saturated rings. The number of nitrogens with one attached hydrogen (secondary N) is 1. The fourth-order valence-corrected chi connectivity index (χ4v) is 2.38. The fourth-order valence-electron chi connectivity index (χ4n) is 1.93. The molecule has 2 aromatic rings. The highest BCUT2D eigenvalue weighted by molar-refractivity contribution is 6.35. The highest BCUT2D eigenvalue weighted by atomic mass is 35.5. The van der Waals surface area contributed by atoms with E-state index in [1.807, 2.05) is 0 Å². The maximum Gasteiger partial charge on any atom is 0.275 e. The molecule has 8 nitrogen and oxygen atoms in total. The minimum atomic E-state index is -0.660. The second-order valence-corrected chi connectivity index (χ2v) is 5.70. The quantitative estimate of drug-likeness (QED) is 0.427. The monoisotopic (exact) mass is 399 g/mol. The molecule has 2 rings (SSSR count). The molecule has 0 aliphatic rings. The van der Waals surface area contributed by atoms with Gasteiger partial charge in [0.1, 0.15) is 35.4 Å². The minimum Gasteiger partial charge on any atom is -0.455 e. The number of non-ortho nitro benzene ring substituents is 1. The molecule has 0 radical (unpaired) electrons. The lowest BCUT2D eigenvalue weighted by atomic mass is 10.2. The van der Waals surface area contributed by atoms with Gasteiger partial charge in [-0.3, -0.25) is 10.1 Å². The van der Waals surface area contributed by atoms with E-state index in [9.17, 15) is 10.1 Å². The predicted octanol–water partition coefficient (Wildman–Crippen LogP) is 4.93. The normalized spacial score (nSPS) is 9.30. The van der Waals surface area contributed by atoms with Crippen LogP contribution < -0.4 is 10.1 Å². The van der Waals surface area contributed by atoms with Gasteiger partial charge in [0.2, 0.25) is 0 Å². The highest BCUT2D eigenvalue weighted by Crippen LogP contribution is 2.35. The second kappa shape index (κ2) is 8.55. The van der Waals surface area contributed by atoms with Crippen molar-refractivity contribution in [3.63, 3.8) is 0 Å². The number of ether oxygens (including phenoxy) is 1. The number of benzene rings is 2. The van der Waals surface area contributed by atoms with E-state index in [0.29, 0.717) is 5.02 Å². The van der Waals surface area contributed by atoms with Crippen LogP contribution in [0.5, 0.6) is 11.5 Å². The minimum absolute atomic E-state index is 0.0451. The summed E-state index contributed by atoms with van der Waals surface area (Å²) in [4.78, 5) is 10.5. The first-order valence-corrected chi connectivity index (χ1v) is 7.77. The number of nitrogens with zero attached hydrogens (tertiary/aromatic N) is 4. The Balaban J connectivity index is 2.47. The van der Waals surface area contributed by atoms with Crippen LogP contribution in [0.1, 0.15) is 0 Å². The molecule has 0 saturated carbocycles. The molecule has 2 aromatic carbocycles. The third kappa shape index (κ3) is 4.87. The molecular formula is C17H7Cl2N5O3. The Hall–Kier alpha value is -3.77. The Labute approximate surface area is 163 Å². The summed E-state index contributed by atoms with van der Waals surface area (Å²) < 4.78 is 5.56. The smallest absolute Gasteiger partial charge is 0.275 e. The number of anilines is 1. The number of nitriles is 3. The van der Waals surface area contributed by atoms with Gasteiger partial charge in [-0.2, -0.15) is 15.8 Å². The lowest BCUT2D eigenvalue weighted by Gasteiger charge is -2.10. The molecule has 0 saturated heterocycles. The van der Waals surface area contributed by atoms with E-state index in [2.05, 4.69) is 5.32 Å². The standard InChI is InChI=1S/C17H7Cl2N5O3/c18-11-1-2-17(15(19)3-11)27-14-5-12(4-13(6-14)24(25)26)23-16(9-22)10(7-20)8-21/h1-6,23H. The molecule has 0 aliphatic carbocycles. The summed E-state index contributed by atoms with van der Waals surface area (Å²) in [6.45, 7) is 0. The SMILES string of the molecule is N#CC(C#N)=C(C#N)Nc1cc(Oc2ccc(Cl)cc2Cl)cc([N+](=O)[O-])c1. The van der Waals surface area contributed by atoms with Gasteiger partial charge in [0.25, 0.3) is 5.69 Å². The van der Waals surface area contributed by atoms with E-state index in [4.69, 9.17) is 43.7 Å². The molecule has 0 amide bonds. The van der Waals surface area contributed by atoms with Gasteiger partial charge < -0.3 is 10.1 Å². The van der Waals surface area contributed by atoms with E-state index in [-0.39, 0.29) is 33.6 Å². The van der Waals surface area contributed by atoms with Gasteiger partial charge in [0.05, 0.1) is 16.0 Å². The first-order chi connectivity index (χ1) is 12.9. The van der Waals surface area contributed by atoms with Gasteiger partial charge in [0, 0.05) is 22.8 Å². The first kappa shape index (κ1) is 19.6. The summed E-state index contributed by atoms with van der Waals surface area (Å²) in [5.41, 5.74) is -1.08. The van der Waals surface area contributed by atoms with Crippen LogP contribution in [0, 0.1) is 44.1 Å². The Kier molecular flexibility index (Phi) is 6.19. The van der Waals surface area contributed by atoms with Crippen molar-refractivity contribution in [3.05, 3.63) is 67.8 Å². The van der Waals surface area contributed by atoms with Crippen LogP contribution in [-0.2, 0) is 0 Å². The Morgan fingerprint density at radius 3 is 2.33 bits per heavy atom. The molecule has 10 heteroatoms. The summed E-state index contributed by atoms with van der Waals surface area (Å²) in [5, 5.41) is 41.1. The number of rotatable bonds is 5. The fraction of sp³-hybridized carbons (Fsp3) is 0. The maximum atomic E-state index is 11.2. The highest BCUT2D eigenvalue weighted by Gasteiger charge is 2.15. The molecule has 0 aromatic heterocycles. The van der Waals surface area contributed by atoms with E-state index >= 15 is 0 Å². The van der Waals surface area contributed by atoms with Gasteiger partial charge in [-0.05, 0) is 18.2 Å². The van der Waals surface area contributed by atoms with Gasteiger partial charge in [-0.15, -0.1) is 0 Å². The third-order valence-corrected chi connectivity index (χ3v) is 3.61. The number of nitro groups is 1. The summed E-state index contributed by atoms with van der Waals surface area (Å²) in [6.07, 6.45) is 0. The average molecular weight is 400 g/mol. The Morgan fingerprint density at radius 1 is 1.07 bits per heavy atom. The summed E-state index contributed by atoms with van der Waals surface area (Å²) in [5.74, 6) is 0.252. The van der Waals surface area contributed by atoms with Crippen LogP contribution in [0.15, 0.2) is 47.7 Å². The van der Waals surface area contributed by atoms with E-state index in [1.54, 1.807) is 18.2 Å². The molecular weight excluding hydrogens is 393 g/mol. The van der Waals surface area contributed by atoms with E-state index in [0.717, 1.165) is 12.1 Å². The number of nitro benzene ring substituents is 1. The van der Waals surface area contributed by atoms with Crippen LogP contribution in [0.25, 0.3) is 0 Å². The van der Waals surface area contributed by atoms with Crippen molar-refractivity contribution >= 4 is 34.6 Å². The van der Waals surface area contributed by atoms with E-state index in [1.165, 1.54) is 24.3 Å². The number of halogens is 2. The van der Waals surface area contributed by atoms with Crippen molar-refractivity contribution in [2.45, 2.75) is 0 Å². The van der Waals surface area contributed by atoms with Gasteiger partial charge in [0.15, 0.2) is 5.57 Å².